The first kappa shape index (κ1) is 18.3. The maximum absolute atomic E-state index is 12.5. The van der Waals surface area contributed by atoms with E-state index >= 15 is 0 Å². The van der Waals surface area contributed by atoms with Crippen LogP contribution in [-0.2, 0) is 9.53 Å². The number of amides is 2. The molecule has 8 heteroatoms. The fraction of sp³-hybridized carbons (Fsp3) is 0.562. The smallest absolute Gasteiger partial charge is 0.341 e. The zero-order chi connectivity index (χ0) is 17.9. The molecule has 0 spiro atoms. The van der Waals surface area contributed by atoms with Crippen LogP contribution in [0.2, 0.25) is 0 Å². The van der Waals surface area contributed by atoms with E-state index in [-0.39, 0.29) is 25.1 Å². The number of esters is 1. The molecule has 0 aromatic carbocycles. The number of aliphatic carboxylic acids is 1. The van der Waals surface area contributed by atoms with Gasteiger partial charge in [-0.1, -0.05) is 6.92 Å². The molecule has 1 aliphatic rings. The summed E-state index contributed by atoms with van der Waals surface area (Å²) in [6, 6.07) is 1.29. The van der Waals surface area contributed by atoms with Crippen LogP contribution in [0.25, 0.3) is 0 Å². The van der Waals surface area contributed by atoms with Crippen molar-refractivity contribution in [1.82, 2.24) is 4.90 Å². The molecule has 0 saturated carbocycles. The lowest BCUT2D eigenvalue weighted by Gasteiger charge is -2.34. The maximum atomic E-state index is 12.5. The van der Waals surface area contributed by atoms with E-state index in [1.54, 1.807) is 13.0 Å². The van der Waals surface area contributed by atoms with Gasteiger partial charge < -0.3 is 14.7 Å². The minimum Gasteiger partial charge on any atom is -0.481 e. The molecule has 1 aliphatic heterocycles. The quantitative estimate of drug-likeness (QED) is 0.811. The average Bonchev–Trinajstić information content (AvgIpc) is 2.87. The second kappa shape index (κ2) is 7.65. The zero-order valence-electron chi connectivity index (χ0n) is 14.0. The van der Waals surface area contributed by atoms with E-state index in [0.29, 0.717) is 23.5 Å². The van der Waals surface area contributed by atoms with Gasteiger partial charge in [-0.3, -0.25) is 10.1 Å². The second-order valence-corrected chi connectivity index (χ2v) is 7.29. The molecule has 2 N–H and O–H groups in total. The van der Waals surface area contributed by atoms with E-state index in [2.05, 4.69) is 5.32 Å². The topological polar surface area (TPSA) is 95.9 Å². The minimum absolute atomic E-state index is 0.111. The van der Waals surface area contributed by atoms with Crippen molar-refractivity contribution in [3.8, 4) is 0 Å². The first-order valence-corrected chi connectivity index (χ1v) is 8.69. The monoisotopic (exact) mass is 354 g/mol. The molecular formula is C16H22N2O5S. The number of carboxylic acids is 1. The molecule has 2 amide bonds. The van der Waals surface area contributed by atoms with Gasteiger partial charge >= 0.3 is 18.0 Å². The highest BCUT2D eigenvalue weighted by Crippen LogP contribution is 2.29. The van der Waals surface area contributed by atoms with Crippen LogP contribution in [0.4, 0.5) is 9.80 Å². The number of carbonyl (C=O) groups excluding carboxylic acids is 2. The van der Waals surface area contributed by atoms with Crippen molar-refractivity contribution in [2.75, 3.05) is 25.0 Å². The number of anilines is 1. The van der Waals surface area contributed by atoms with Crippen molar-refractivity contribution >= 4 is 34.3 Å². The van der Waals surface area contributed by atoms with Crippen LogP contribution in [0.15, 0.2) is 6.07 Å². The number of ether oxygens (including phenoxy) is 1. The summed E-state index contributed by atoms with van der Waals surface area (Å²) in [6.07, 6.45) is 0.561. The fourth-order valence-corrected chi connectivity index (χ4v) is 3.73. The van der Waals surface area contributed by atoms with Crippen LogP contribution in [0.3, 0.4) is 0 Å². The van der Waals surface area contributed by atoms with E-state index in [9.17, 15) is 19.5 Å². The van der Waals surface area contributed by atoms with Gasteiger partial charge in [0.25, 0.3) is 0 Å². The second-order valence-electron chi connectivity index (χ2n) is 6.03. The molecule has 1 aromatic rings. The van der Waals surface area contributed by atoms with Crippen LogP contribution < -0.4 is 5.32 Å². The summed E-state index contributed by atoms with van der Waals surface area (Å²) >= 11 is 1.29. The lowest BCUT2D eigenvalue weighted by Crippen LogP contribution is -2.47. The Morgan fingerprint density at radius 1 is 1.42 bits per heavy atom. The number of aryl methyl sites for hydroxylation is 1. The number of likely N-dealkylation sites (tertiary alicyclic amines) is 1. The number of carboxylic acid groups (broad SMARTS) is 1. The van der Waals surface area contributed by atoms with E-state index in [0.717, 1.165) is 4.88 Å². The number of nitrogens with zero attached hydrogens (tertiary/aromatic N) is 1. The highest BCUT2D eigenvalue weighted by molar-refractivity contribution is 7.16. The van der Waals surface area contributed by atoms with Crippen molar-refractivity contribution < 1.29 is 24.2 Å². The normalized spacial score (nSPS) is 20.5. The Balaban J connectivity index is 2.12. The fourth-order valence-electron chi connectivity index (χ4n) is 2.84. The Morgan fingerprint density at radius 2 is 2.12 bits per heavy atom. The molecule has 2 unspecified atom stereocenters. The van der Waals surface area contributed by atoms with Gasteiger partial charge in [0.15, 0.2) is 0 Å². The highest BCUT2D eigenvalue weighted by atomic mass is 32.1. The first-order chi connectivity index (χ1) is 11.3. The van der Waals surface area contributed by atoms with Gasteiger partial charge in [-0.25, -0.2) is 9.59 Å². The average molecular weight is 354 g/mol. The molecule has 0 bridgehead atoms. The third-order valence-electron chi connectivity index (χ3n) is 3.87. The minimum atomic E-state index is -0.890. The van der Waals surface area contributed by atoms with Crippen LogP contribution >= 0.6 is 11.3 Å². The van der Waals surface area contributed by atoms with Crippen molar-refractivity contribution in [3.63, 3.8) is 0 Å². The number of nitrogens with one attached hydrogen (secondary N) is 1. The molecule has 0 radical (unpaired) electrons. The number of hydrogen-bond donors (Lipinski definition) is 2. The van der Waals surface area contributed by atoms with Crippen molar-refractivity contribution in [2.45, 2.75) is 27.2 Å². The molecule has 2 atom stereocenters. The zero-order valence-corrected chi connectivity index (χ0v) is 14.8. The van der Waals surface area contributed by atoms with Gasteiger partial charge in [0.05, 0.1) is 18.1 Å². The summed E-state index contributed by atoms with van der Waals surface area (Å²) < 4.78 is 5.00. The molecule has 7 nitrogen and oxygen atoms in total. The predicted octanol–water partition coefficient (Wildman–Crippen LogP) is 2.81. The molecule has 1 aromatic heterocycles. The Kier molecular flexibility index (Phi) is 5.82. The largest absolute Gasteiger partial charge is 0.481 e. The SMILES string of the molecule is CCOC(=O)c1cc(C)sc1NC(=O)N1CC(C)CC(C(=O)O)C1. The highest BCUT2D eigenvalue weighted by Gasteiger charge is 2.32. The standard InChI is InChI=1S/C16H22N2O5S/c1-4-23-15(21)12-6-10(3)24-13(12)17-16(22)18-7-9(2)5-11(8-18)14(19)20/h6,9,11H,4-5,7-8H2,1-3H3,(H,17,22)(H,19,20). The van der Waals surface area contributed by atoms with Crippen LogP contribution in [0.1, 0.15) is 35.5 Å². The number of piperidine rings is 1. The summed E-state index contributed by atoms with van der Waals surface area (Å²) in [5.41, 5.74) is 0.326. The van der Waals surface area contributed by atoms with E-state index in [4.69, 9.17) is 4.74 Å². The third-order valence-corrected chi connectivity index (χ3v) is 4.83. The number of hydrogen-bond acceptors (Lipinski definition) is 5. The van der Waals surface area contributed by atoms with Crippen molar-refractivity contribution in [1.29, 1.82) is 0 Å². The summed E-state index contributed by atoms with van der Waals surface area (Å²) in [4.78, 5) is 38.1. The molecular weight excluding hydrogens is 332 g/mol. The predicted molar refractivity (Wildman–Crippen MR) is 90.5 cm³/mol. The van der Waals surface area contributed by atoms with Gasteiger partial charge in [-0.15, -0.1) is 11.3 Å². The van der Waals surface area contributed by atoms with E-state index < -0.39 is 17.9 Å². The number of urea groups is 1. The number of rotatable bonds is 4. The van der Waals surface area contributed by atoms with Gasteiger partial charge in [-0.05, 0) is 32.3 Å². The lowest BCUT2D eigenvalue weighted by molar-refractivity contribution is -0.143. The van der Waals surface area contributed by atoms with Gasteiger partial charge in [0, 0.05) is 18.0 Å². The number of thiophene rings is 1. The Bertz CT molecular complexity index is 642. The molecule has 1 saturated heterocycles. The molecule has 132 valence electrons. The molecule has 2 rings (SSSR count). The maximum Gasteiger partial charge on any atom is 0.341 e. The molecule has 1 fully saturated rings. The Labute approximate surface area is 144 Å². The lowest BCUT2D eigenvalue weighted by atomic mass is 9.91. The summed E-state index contributed by atoms with van der Waals surface area (Å²) in [5, 5.41) is 12.4. The summed E-state index contributed by atoms with van der Waals surface area (Å²) in [6.45, 7) is 6.40. The molecule has 0 aliphatic carbocycles. The summed E-state index contributed by atoms with van der Waals surface area (Å²) in [5.74, 6) is -1.82. The Morgan fingerprint density at radius 3 is 2.75 bits per heavy atom. The van der Waals surface area contributed by atoms with Crippen molar-refractivity contribution in [3.05, 3.63) is 16.5 Å². The van der Waals surface area contributed by atoms with Crippen LogP contribution in [0, 0.1) is 18.8 Å². The van der Waals surface area contributed by atoms with Gasteiger partial charge in [-0.2, -0.15) is 0 Å². The first-order valence-electron chi connectivity index (χ1n) is 7.88. The van der Waals surface area contributed by atoms with E-state index in [1.165, 1.54) is 16.2 Å². The van der Waals surface area contributed by atoms with E-state index in [1.807, 2.05) is 13.8 Å². The van der Waals surface area contributed by atoms with Crippen molar-refractivity contribution in [2.24, 2.45) is 11.8 Å². The van der Waals surface area contributed by atoms with Crippen LogP contribution in [0.5, 0.6) is 0 Å². The summed E-state index contributed by atoms with van der Waals surface area (Å²) in [7, 11) is 0. The molecule has 2 heterocycles. The third kappa shape index (κ3) is 4.25. The number of carbonyl (C=O) groups is 3. The Hall–Kier alpha value is -2.09. The van der Waals surface area contributed by atoms with Gasteiger partial charge in [0.1, 0.15) is 5.00 Å². The molecule has 24 heavy (non-hydrogen) atoms. The van der Waals surface area contributed by atoms with Crippen LogP contribution in [-0.4, -0.2) is 47.7 Å². The van der Waals surface area contributed by atoms with Gasteiger partial charge in [0.2, 0.25) is 0 Å².